The molecule has 0 saturated carbocycles. The molecule has 0 fully saturated rings. The first-order valence-corrected chi connectivity index (χ1v) is 9.62. The minimum atomic E-state index is -3.61. The van der Waals surface area contributed by atoms with Crippen molar-refractivity contribution >= 4 is 10.0 Å². The Morgan fingerprint density at radius 3 is 2.29 bits per heavy atom. The van der Waals surface area contributed by atoms with Crippen molar-refractivity contribution in [3.8, 4) is 5.75 Å². The summed E-state index contributed by atoms with van der Waals surface area (Å²) in [7, 11) is -2.01. The van der Waals surface area contributed by atoms with Crippen LogP contribution in [0.25, 0.3) is 0 Å². The molecule has 4 nitrogen and oxygen atoms in total. The molecule has 0 radical (unpaired) electrons. The Morgan fingerprint density at radius 1 is 1.08 bits per heavy atom. The minimum absolute atomic E-state index is 0.172. The number of rotatable bonds is 7. The number of nitrogens with one attached hydrogen (secondary N) is 1. The molecule has 0 amide bonds. The Kier molecular flexibility index (Phi) is 6.02. The Morgan fingerprint density at radius 2 is 1.75 bits per heavy atom. The standard InChI is InChI=1S/C19H25NO3S/c1-5-18(15-9-7-6-8-10-15)20-24(21,22)16-11-12-19(23-4)17(13-16)14(2)3/h6-14,18,20H,5H2,1-4H3. The number of sulfonamides is 1. The zero-order chi connectivity index (χ0) is 17.7. The fourth-order valence-electron chi connectivity index (χ4n) is 2.66. The highest BCUT2D eigenvalue weighted by atomic mass is 32.2. The van der Waals surface area contributed by atoms with Gasteiger partial charge in [-0.05, 0) is 41.7 Å². The number of ether oxygens (including phenoxy) is 1. The summed E-state index contributed by atoms with van der Waals surface area (Å²) in [4.78, 5) is 0.265. The van der Waals surface area contributed by atoms with Crippen LogP contribution < -0.4 is 9.46 Å². The molecule has 1 atom stereocenters. The molecule has 1 N–H and O–H groups in total. The molecular formula is C19H25NO3S. The van der Waals surface area contributed by atoms with Gasteiger partial charge < -0.3 is 4.74 Å². The van der Waals surface area contributed by atoms with Crippen LogP contribution in [0.5, 0.6) is 5.75 Å². The van der Waals surface area contributed by atoms with Crippen molar-refractivity contribution in [1.82, 2.24) is 4.72 Å². The van der Waals surface area contributed by atoms with E-state index in [1.807, 2.05) is 51.1 Å². The molecule has 2 aromatic carbocycles. The zero-order valence-corrected chi connectivity index (χ0v) is 15.4. The Hall–Kier alpha value is -1.85. The first-order chi connectivity index (χ1) is 11.4. The summed E-state index contributed by atoms with van der Waals surface area (Å²) in [5.41, 5.74) is 1.84. The van der Waals surface area contributed by atoms with Gasteiger partial charge in [-0.1, -0.05) is 51.1 Å². The van der Waals surface area contributed by atoms with Gasteiger partial charge in [0.15, 0.2) is 0 Å². The van der Waals surface area contributed by atoms with Crippen LogP contribution in [-0.4, -0.2) is 15.5 Å². The highest BCUT2D eigenvalue weighted by molar-refractivity contribution is 7.89. The molecule has 1 unspecified atom stereocenters. The maximum Gasteiger partial charge on any atom is 0.241 e. The molecule has 0 aromatic heterocycles. The Balaban J connectivity index is 2.35. The van der Waals surface area contributed by atoms with Crippen LogP contribution in [-0.2, 0) is 10.0 Å². The van der Waals surface area contributed by atoms with E-state index in [1.54, 1.807) is 25.3 Å². The number of hydrogen-bond acceptors (Lipinski definition) is 3. The SMILES string of the molecule is CCC(NS(=O)(=O)c1ccc(OC)c(C(C)C)c1)c1ccccc1. The number of methoxy groups -OCH3 is 1. The molecule has 5 heteroatoms. The fourth-order valence-corrected chi connectivity index (χ4v) is 4.00. The second-order valence-electron chi connectivity index (χ2n) is 6.05. The van der Waals surface area contributed by atoms with Crippen molar-refractivity contribution in [2.24, 2.45) is 0 Å². The van der Waals surface area contributed by atoms with Crippen LogP contribution in [0.2, 0.25) is 0 Å². The smallest absolute Gasteiger partial charge is 0.241 e. The van der Waals surface area contributed by atoms with E-state index in [4.69, 9.17) is 4.74 Å². The predicted octanol–water partition coefficient (Wildman–Crippen LogP) is 4.25. The summed E-state index contributed by atoms with van der Waals surface area (Å²) >= 11 is 0. The highest BCUT2D eigenvalue weighted by Crippen LogP contribution is 2.29. The second kappa shape index (κ2) is 7.81. The van der Waals surface area contributed by atoms with Gasteiger partial charge in [-0.15, -0.1) is 0 Å². The fraction of sp³-hybridized carbons (Fsp3) is 0.368. The average Bonchev–Trinajstić information content (AvgIpc) is 2.59. The minimum Gasteiger partial charge on any atom is -0.496 e. The van der Waals surface area contributed by atoms with Crippen LogP contribution in [0.3, 0.4) is 0 Å². The third-order valence-electron chi connectivity index (χ3n) is 4.04. The molecule has 0 saturated heterocycles. The molecule has 24 heavy (non-hydrogen) atoms. The van der Waals surface area contributed by atoms with Crippen LogP contribution in [0, 0.1) is 0 Å². The van der Waals surface area contributed by atoms with Crippen LogP contribution >= 0.6 is 0 Å². The van der Waals surface area contributed by atoms with Gasteiger partial charge in [-0.2, -0.15) is 0 Å². The van der Waals surface area contributed by atoms with Crippen molar-refractivity contribution in [1.29, 1.82) is 0 Å². The van der Waals surface area contributed by atoms with E-state index >= 15 is 0 Å². The number of hydrogen-bond donors (Lipinski definition) is 1. The molecule has 0 aliphatic heterocycles. The lowest BCUT2D eigenvalue weighted by Gasteiger charge is -2.19. The summed E-state index contributed by atoms with van der Waals surface area (Å²) in [6, 6.07) is 14.4. The quantitative estimate of drug-likeness (QED) is 0.815. The lowest BCUT2D eigenvalue weighted by molar-refractivity contribution is 0.407. The third-order valence-corrected chi connectivity index (χ3v) is 5.51. The predicted molar refractivity (Wildman–Crippen MR) is 96.9 cm³/mol. The maximum atomic E-state index is 12.8. The van der Waals surface area contributed by atoms with E-state index < -0.39 is 10.0 Å². The first kappa shape index (κ1) is 18.5. The van der Waals surface area contributed by atoms with Crippen LogP contribution in [0.15, 0.2) is 53.4 Å². The van der Waals surface area contributed by atoms with E-state index in [-0.39, 0.29) is 16.9 Å². The monoisotopic (exact) mass is 347 g/mol. The zero-order valence-electron chi connectivity index (χ0n) is 14.6. The van der Waals surface area contributed by atoms with Crippen molar-refractivity contribution in [3.05, 3.63) is 59.7 Å². The lowest BCUT2D eigenvalue weighted by Crippen LogP contribution is -2.28. The summed E-state index contributed by atoms with van der Waals surface area (Å²) in [6.07, 6.45) is 0.677. The number of benzene rings is 2. The normalized spacial score (nSPS) is 13.0. The molecule has 2 aromatic rings. The van der Waals surface area contributed by atoms with Gasteiger partial charge in [-0.25, -0.2) is 13.1 Å². The van der Waals surface area contributed by atoms with E-state index in [0.29, 0.717) is 12.2 Å². The second-order valence-corrected chi connectivity index (χ2v) is 7.77. The van der Waals surface area contributed by atoms with Crippen molar-refractivity contribution < 1.29 is 13.2 Å². The van der Waals surface area contributed by atoms with Gasteiger partial charge >= 0.3 is 0 Å². The molecule has 0 aliphatic carbocycles. The van der Waals surface area contributed by atoms with Gasteiger partial charge in [0.25, 0.3) is 0 Å². The van der Waals surface area contributed by atoms with Crippen molar-refractivity contribution in [2.45, 2.75) is 44.0 Å². The van der Waals surface area contributed by atoms with Gasteiger partial charge in [0.05, 0.1) is 12.0 Å². The van der Waals surface area contributed by atoms with Gasteiger partial charge in [0.1, 0.15) is 5.75 Å². The van der Waals surface area contributed by atoms with Crippen LogP contribution in [0.4, 0.5) is 0 Å². The summed E-state index contributed by atoms with van der Waals surface area (Å²) in [6.45, 7) is 5.99. The topological polar surface area (TPSA) is 55.4 Å². The molecule has 2 rings (SSSR count). The summed E-state index contributed by atoms with van der Waals surface area (Å²) < 4.78 is 33.7. The molecule has 0 aliphatic rings. The van der Waals surface area contributed by atoms with E-state index in [1.165, 1.54) is 0 Å². The summed E-state index contributed by atoms with van der Waals surface area (Å²) in [5.74, 6) is 0.880. The van der Waals surface area contributed by atoms with Gasteiger partial charge in [-0.3, -0.25) is 0 Å². The lowest BCUT2D eigenvalue weighted by atomic mass is 10.0. The largest absolute Gasteiger partial charge is 0.496 e. The maximum absolute atomic E-state index is 12.8. The molecule has 0 bridgehead atoms. The van der Waals surface area contributed by atoms with E-state index in [9.17, 15) is 8.42 Å². The van der Waals surface area contributed by atoms with Gasteiger partial charge in [0.2, 0.25) is 10.0 Å². The molecule has 130 valence electrons. The Bertz CT molecular complexity index is 770. The van der Waals surface area contributed by atoms with Gasteiger partial charge in [0, 0.05) is 6.04 Å². The van der Waals surface area contributed by atoms with E-state index in [2.05, 4.69) is 4.72 Å². The average molecular weight is 347 g/mol. The Labute approximate surface area is 144 Å². The van der Waals surface area contributed by atoms with E-state index in [0.717, 1.165) is 11.1 Å². The van der Waals surface area contributed by atoms with Crippen molar-refractivity contribution in [2.75, 3.05) is 7.11 Å². The van der Waals surface area contributed by atoms with Crippen LogP contribution in [0.1, 0.15) is 50.3 Å². The highest BCUT2D eigenvalue weighted by Gasteiger charge is 2.22. The first-order valence-electron chi connectivity index (χ1n) is 8.14. The molecular weight excluding hydrogens is 322 g/mol. The third kappa shape index (κ3) is 4.16. The summed E-state index contributed by atoms with van der Waals surface area (Å²) in [5, 5.41) is 0. The molecule has 0 heterocycles. The molecule has 0 spiro atoms. The van der Waals surface area contributed by atoms with Crippen molar-refractivity contribution in [3.63, 3.8) is 0 Å².